The van der Waals surface area contributed by atoms with Gasteiger partial charge in [-0.2, -0.15) is 0 Å². The van der Waals surface area contributed by atoms with E-state index in [4.69, 9.17) is 9.47 Å². The maximum atomic E-state index is 13.2. The van der Waals surface area contributed by atoms with Crippen LogP contribution in [0.1, 0.15) is 43.9 Å². The molecule has 0 aliphatic carbocycles. The van der Waals surface area contributed by atoms with Crippen LogP contribution >= 0.6 is 0 Å². The third-order valence-electron chi connectivity index (χ3n) is 5.63. The van der Waals surface area contributed by atoms with Crippen molar-refractivity contribution < 1.29 is 22.7 Å². The molecule has 2 aliphatic rings. The van der Waals surface area contributed by atoms with Gasteiger partial charge in [0.2, 0.25) is 10.0 Å². The van der Waals surface area contributed by atoms with Gasteiger partial charge in [0.1, 0.15) is 17.1 Å². The Morgan fingerprint density at radius 3 is 2.65 bits per heavy atom. The molecule has 0 saturated carbocycles. The van der Waals surface area contributed by atoms with Gasteiger partial charge in [0.15, 0.2) is 6.10 Å². The van der Waals surface area contributed by atoms with Gasteiger partial charge in [-0.3, -0.25) is 9.10 Å². The number of para-hydroxylation sites is 2. The molecule has 2 aliphatic heterocycles. The molecule has 0 bridgehead atoms. The zero-order chi connectivity index (χ0) is 22.4. The second kappa shape index (κ2) is 7.75. The maximum Gasteiger partial charge on any atom is 0.261 e. The quantitative estimate of drug-likeness (QED) is 0.785. The molecule has 4 rings (SSSR count). The predicted molar refractivity (Wildman–Crippen MR) is 119 cm³/mol. The fraction of sp³-hybridized carbons (Fsp3) is 0.435. The fourth-order valence-electron chi connectivity index (χ4n) is 4.21. The second-order valence-corrected chi connectivity index (χ2v) is 10.8. The summed E-state index contributed by atoms with van der Waals surface area (Å²) in [6.07, 6.45) is 1.23. The van der Waals surface area contributed by atoms with Gasteiger partial charge in [-0.05, 0) is 44.5 Å². The van der Waals surface area contributed by atoms with Gasteiger partial charge < -0.3 is 14.8 Å². The number of ether oxygens (including phenoxy) is 2. The first-order chi connectivity index (χ1) is 14.5. The van der Waals surface area contributed by atoms with Crippen LogP contribution in [-0.4, -0.2) is 38.8 Å². The van der Waals surface area contributed by atoms with Gasteiger partial charge in [0.25, 0.3) is 5.91 Å². The third-order valence-corrected chi connectivity index (χ3v) is 6.81. The summed E-state index contributed by atoms with van der Waals surface area (Å²) in [6, 6.07) is 12.6. The van der Waals surface area contributed by atoms with Gasteiger partial charge in [0, 0.05) is 24.9 Å². The summed E-state index contributed by atoms with van der Waals surface area (Å²) in [4.78, 5) is 13.2. The maximum absolute atomic E-state index is 13.2. The molecule has 8 heteroatoms. The Balaban J connectivity index is 1.59. The Hall–Kier alpha value is -2.74. The van der Waals surface area contributed by atoms with E-state index in [-0.39, 0.29) is 24.9 Å². The summed E-state index contributed by atoms with van der Waals surface area (Å²) < 4.78 is 38.0. The first-order valence-corrected chi connectivity index (χ1v) is 12.2. The van der Waals surface area contributed by atoms with Crippen molar-refractivity contribution in [3.8, 4) is 11.5 Å². The van der Waals surface area contributed by atoms with Crippen LogP contribution in [0.15, 0.2) is 42.5 Å². The SMILES string of the molecule is Cc1ccc2c(c1)OC(C)(C)C[C@H]2NC(=O)[C@@H]1CCN(S(C)(=O)=O)c2ccccc2O1. The number of nitrogens with zero attached hydrogens (tertiary/aromatic N) is 1. The van der Waals surface area contributed by atoms with Crippen molar-refractivity contribution in [2.45, 2.75) is 51.4 Å². The molecule has 2 aromatic carbocycles. The Labute approximate surface area is 183 Å². The van der Waals surface area contributed by atoms with E-state index in [0.717, 1.165) is 23.1 Å². The molecule has 0 radical (unpaired) electrons. The average Bonchev–Trinajstić information content (AvgIpc) is 2.86. The normalized spacial score (nSPS) is 22.3. The molecule has 0 unspecified atom stereocenters. The summed E-state index contributed by atoms with van der Waals surface area (Å²) >= 11 is 0. The van der Waals surface area contributed by atoms with Crippen LogP contribution < -0.4 is 19.1 Å². The predicted octanol–water partition coefficient (Wildman–Crippen LogP) is 3.33. The van der Waals surface area contributed by atoms with Gasteiger partial charge >= 0.3 is 0 Å². The van der Waals surface area contributed by atoms with E-state index in [1.54, 1.807) is 24.3 Å². The van der Waals surface area contributed by atoms with Crippen molar-refractivity contribution in [2.75, 3.05) is 17.1 Å². The van der Waals surface area contributed by atoms with Crippen molar-refractivity contribution in [1.29, 1.82) is 0 Å². The molecule has 7 nitrogen and oxygen atoms in total. The molecular formula is C23H28N2O5S. The highest BCUT2D eigenvalue weighted by Crippen LogP contribution is 2.40. The lowest BCUT2D eigenvalue weighted by Crippen LogP contribution is -2.46. The number of hydrogen-bond acceptors (Lipinski definition) is 5. The molecule has 1 N–H and O–H groups in total. The molecule has 0 fully saturated rings. The summed E-state index contributed by atoms with van der Waals surface area (Å²) in [6.45, 7) is 6.17. The highest BCUT2D eigenvalue weighted by Gasteiger charge is 2.37. The molecule has 0 spiro atoms. The lowest BCUT2D eigenvalue weighted by molar-refractivity contribution is -0.129. The zero-order valence-electron chi connectivity index (χ0n) is 18.2. The van der Waals surface area contributed by atoms with Crippen LogP contribution in [0.4, 0.5) is 5.69 Å². The number of carbonyl (C=O) groups excluding carboxylic acids is 1. The number of aryl methyl sites for hydroxylation is 1. The van der Waals surface area contributed by atoms with Crippen LogP contribution in [0.25, 0.3) is 0 Å². The van der Waals surface area contributed by atoms with E-state index in [0.29, 0.717) is 17.9 Å². The van der Waals surface area contributed by atoms with Crippen LogP contribution in [0.3, 0.4) is 0 Å². The van der Waals surface area contributed by atoms with E-state index in [2.05, 4.69) is 5.32 Å². The van der Waals surface area contributed by atoms with Crippen molar-refractivity contribution in [1.82, 2.24) is 5.32 Å². The Morgan fingerprint density at radius 1 is 1.16 bits per heavy atom. The van der Waals surface area contributed by atoms with Crippen molar-refractivity contribution in [3.63, 3.8) is 0 Å². The lowest BCUT2D eigenvalue weighted by atomic mass is 9.89. The minimum absolute atomic E-state index is 0.170. The zero-order valence-corrected chi connectivity index (χ0v) is 19.0. The fourth-order valence-corrected chi connectivity index (χ4v) is 5.16. The molecular weight excluding hydrogens is 416 g/mol. The summed E-state index contributed by atoms with van der Waals surface area (Å²) in [5.74, 6) is 0.894. The Bertz CT molecular complexity index is 1110. The van der Waals surface area contributed by atoms with Crippen molar-refractivity contribution >= 4 is 21.6 Å². The lowest BCUT2D eigenvalue weighted by Gasteiger charge is -2.38. The topological polar surface area (TPSA) is 84.9 Å². The number of benzene rings is 2. The molecule has 1 amide bonds. The van der Waals surface area contributed by atoms with E-state index in [1.165, 1.54) is 4.31 Å². The smallest absolute Gasteiger partial charge is 0.261 e. The van der Waals surface area contributed by atoms with E-state index in [9.17, 15) is 13.2 Å². The number of amides is 1. The largest absolute Gasteiger partial charge is 0.487 e. The number of carbonyl (C=O) groups is 1. The van der Waals surface area contributed by atoms with Crippen LogP contribution in [-0.2, 0) is 14.8 Å². The van der Waals surface area contributed by atoms with Gasteiger partial charge in [-0.15, -0.1) is 0 Å². The van der Waals surface area contributed by atoms with Crippen LogP contribution in [0.5, 0.6) is 11.5 Å². The number of hydrogen-bond donors (Lipinski definition) is 1. The Morgan fingerprint density at radius 2 is 1.90 bits per heavy atom. The summed E-state index contributed by atoms with van der Waals surface area (Å²) in [5, 5.41) is 3.12. The molecule has 2 atom stereocenters. The number of sulfonamides is 1. The molecule has 31 heavy (non-hydrogen) atoms. The standard InChI is InChI=1S/C23H28N2O5S/c1-15-9-10-16-17(14-23(2,3)30-21(16)13-15)24-22(26)20-11-12-25(31(4,27)28)18-7-5-6-8-19(18)29-20/h5-10,13,17,20H,11-12,14H2,1-4H3,(H,24,26)/t17-,20+/m1/s1. The van der Waals surface area contributed by atoms with E-state index < -0.39 is 21.7 Å². The molecule has 2 aromatic rings. The molecule has 2 heterocycles. The number of fused-ring (bicyclic) bond motifs is 2. The number of nitrogens with one attached hydrogen (secondary N) is 1. The van der Waals surface area contributed by atoms with E-state index >= 15 is 0 Å². The van der Waals surface area contributed by atoms with Crippen molar-refractivity contribution in [3.05, 3.63) is 53.6 Å². The Kier molecular flexibility index (Phi) is 5.37. The second-order valence-electron chi connectivity index (χ2n) is 8.87. The highest BCUT2D eigenvalue weighted by molar-refractivity contribution is 7.92. The van der Waals surface area contributed by atoms with Gasteiger partial charge in [0.05, 0.1) is 18.0 Å². The molecule has 166 valence electrons. The number of rotatable bonds is 3. The first kappa shape index (κ1) is 21.5. The molecule has 0 aromatic heterocycles. The van der Waals surface area contributed by atoms with Crippen LogP contribution in [0, 0.1) is 6.92 Å². The molecule has 0 saturated heterocycles. The minimum Gasteiger partial charge on any atom is -0.487 e. The number of anilines is 1. The minimum atomic E-state index is -3.49. The average molecular weight is 445 g/mol. The van der Waals surface area contributed by atoms with Gasteiger partial charge in [-0.25, -0.2) is 8.42 Å². The summed E-state index contributed by atoms with van der Waals surface area (Å²) in [5.41, 5.74) is 2.05. The summed E-state index contributed by atoms with van der Waals surface area (Å²) in [7, 11) is -3.49. The van der Waals surface area contributed by atoms with Gasteiger partial charge in [-0.1, -0.05) is 24.3 Å². The highest BCUT2D eigenvalue weighted by atomic mass is 32.2. The monoisotopic (exact) mass is 444 g/mol. The van der Waals surface area contributed by atoms with E-state index in [1.807, 2.05) is 39.0 Å². The first-order valence-electron chi connectivity index (χ1n) is 10.4. The van der Waals surface area contributed by atoms with Crippen LogP contribution in [0.2, 0.25) is 0 Å². The van der Waals surface area contributed by atoms with Crippen molar-refractivity contribution in [2.24, 2.45) is 0 Å². The third kappa shape index (κ3) is 4.49.